The van der Waals surface area contributed by atoms with Crippen LogP contribution in [0.2, 0.25) is 0 Å². The van der Waals surface area contributed by atoms with Crippen LogP contribution in [0.3, 0.4) is 0 Å². The summed E-state index contributed by atoms with van der Waals surface area (Å²) in [6, 6.07) is 2.36. The molecule has 1 aliphatic rings. The van der Waals surface area contributed by atoms with Crippen LogP contribution in [0.1, 0.15) is 6.42 Å². The average molecular weight is 352 g/mol. The van der Waals surface area contributed by atoms with E-state index >= 15 is 0 Å². The number of hydrogen-bond donors (Lipinski definition) is 1. The Morgan fingerprint density at radius 2 is 2.19 bits per heavy atom. The standard InChI is InChI=1S/C13H18BrN7/c1-19(2)9-4-7-20(8-9)12-10(14)11(15)17-13(18-12)21-6-3-5-16-21/h3,5-6,9H,4,7-8H2,1-2H3,(H2,15,17,18)/t9-/m0/s1. The normalized spacial score (nSPS) is 18.7. The number of nitrogens with zero attached hydrogens (tertiary/aromatic N) is 6. The highest BCUT2D eigenvalue weighted by Crippen LogP contribution is 2.32. The number of hydrogen-bond acceptors (Lipinski definition) is 6. The molecule has 0 amide bonds. The minimum absolute atomic E-state index is 0.429. The van der Waals surface area contributed by atoms with Crippen molar-refractivity contribution in [1.82, 2.24) is 24.6 Å². The molecule has 0 radical (unpaired) electrons. The summed E-state index contributed by atoms with van der Waals surface area (Å²) in [6.45, 7) is 1.89. The predicted octanol–water partition coefficient (Wildman–Crippen LogP) is 1.15. The van der Waals surface area contributed by atoms with Gasteiger partial charge in [-0.25, -0.2) is 4.68 Å². The quantitative estimate of drug-likeness (QED) is 0.893. The van der Waals surface area contributed by atoms with Crippen LogP contribution in [0.25, 0.3) is 5.95 Å². The monoisotopic (exact) mass is 351 g/mol. The molecule has 8 heteroatoms. The topological polar surface area (TPSA) is 76.1 Å². The molecule has 2 N–H and O–H groups in total. The number of anilines is 2. The molecular weight excluding hydrogens is 334 g/mol. The third-order valence-corrected chi connectivity index (χ3v) is 4.51. The van der Waals surface area contributed by atoms with Crippen molar-refractivity contribution in [3.05, 3.63) is 22.9 Å². The predicted molar refractivity (Wildman–Crippen MR) is 85.6 cm³/mol. The zero-order valence-corrected chi connectivity index (χ0v) is 13.7. The number of nitrogen functional groups attached to an aromatic ring is 1. The van der Waals surface area contributed by atoms with Crippen LogP contribution in [0, 0.1) is 0 Å². The van der Waals surface area contributed by atoms with Gasteiger partial charge in [-0.05, 0) is 42.5 Å². The van der Waals surface area contributed by atoms with Gasteiger partial charge in [0.05, 0.1) is 0 Å². The van der Waals surface area contributed by atoms with Crippen LogP contribution in [0.15, 0.2) is 22.9 Å². The molecule has 0 aromatic carbocycles. The first-order chi connectivity index (χ1) is 10.1. The Morgan fingerprint density at radius 3 is 2.81 bits per heavy atom. The van der Waals surface area contributed by atoms with Gasteiger partial charge in [0.25, 0.3) is 5.95 Å². The fraction of sp³-hybridized carbons (Fsp3) is 0.462. The Morgan fingerprint density at radius 1 is 1.38 bits per heavy atom. The Bertz CT molecular complexity index is 626. The summed E-state index contributed by atoms with van der Waals surface area (Å²) in [7, 11) is 4.21. The molecule has 21 heavy (non-hydrogen) atoms. The van der Waals surface area contributed by atoms with Crippen molar-refractivity contribution < 1.29 is 0 Å². The molecule has 0 bridgehead atoms. The Hall–Kier alpha value is -1.67. The fourth-order valence-electron chi connectivity index (χ4n) is 2.49. The molecule has 3 rings (SSSR count). The highest BCUT2D eigenvalue weighted by atomic mass is 79.9. The van der Waals surface area contributed by atoms with Crippen LogP contribution in [-0.4, -0.2) is 57.9 Å². The van der Waals surface area contributed by atoms with Crippen LogP contribution in [0.5, 0.6) is 0 Å². The fourth-order valence-corrected chi connectivity index (χ4v) is 2.92. The highest BCUT2D eigenvalue weighted by molar-refractivity contribution is 9.10. The van der Waals surface area contributed by atoms with Crippen molar-refractivity contribution in [2.24, 2.45) is 0 Å². The summed E-state index contributed by atoms with van der Waals surface area (Å²) in [5.74, 6) is 1.75. The smallest absolute Gasteiger partial charge is 0.254 e. The lowest BCUT2D eigenvalue weighted by molar-refractivity contribution is 0.315. The van der Waals surface area contributed by atoms with Gasteiger partial charge >= 0.3 is 0 Å². The summed E-state index contributed by atoms with van der Waals surface area (Å²) in [5.41, 5.74) is 6.01. The molecule has 1 aliphatic heterocycles. The Kier molecular flexibility index (Phi) is 3.81. The zero-order valence-electron chi connectivity index (χ0n) is 12.1. The Balaban J connectivity index is 1.95. The van der Waals surface area contributed by atoms with Crippen molar-refractivity contribution in [3.63, 3.8) is 0 Å². The lowest BCUT2D eigenvalue weighted by Crippen LogP contribution is -2.32. The van der Waals surface area contributed by atoms with Gasteiger partial charge in [-0.15, -0.1) is 0 Å². The maximum Gasteiger partial charge on any atom is 0.254 e. The number of likely N-dealkylation sites (N-methyl/N-ethyl adjacent to an activating group) is 1. The first kappa shape index (κ1) is 14.3. The van der Waals surface area contributed by atoms with Crippen LogP contribution >= 0.6 is 15.9 Å². The molecule has 0 aliphatic carbocycles. The molecule has 0 spiro atoms. The van der Waals surface area contributed by atoms with E-state index < -0.39 is 0 Å². The maximum atomic E-state index is 6.01. The summed E-state index contributed by atoms with van der Waals surface area (Å²) in [4.78, 5) is 13.4. The van der Waals surface area contributed by atoms with Gasteiger partial charge < -0.3 is 15.5 Å². The largest absolute Gasteiger partial charge is 0.383 e. The number of halogens is 1. The van der Waals surface area contributed by atoms with E-state index in [1.54, 1.807) is 17.1 Å². The van der Waals surface area contributed by atoms with E-state index in [9.17, 15) is 0 Å². The van der Waals surface area contributed by atoms with Gasteiger partial charge in [-0.3, -0.25) is 0 Å². The number of rotatable bonds is 3. The van der Waals surface area contributed by atoms with Crippen molar-refractivity contribution in [2.75, 3.05) is 37.8 Å². The van der Waals surface area contributed by atoms with Crippen LogP contribution in [-0.2, 0) is 0 Å². The minimum Gasteiger partial charge on any atom is -0.383 e. The van der Waals surface area contributed by atoms with Crippen molar-refractivity contribution in [3.8, 4) is 5.95 Å². The molecule has 7 nitrogen and oxygen atoms in total. The molecular formula is C13H18BrN7. The second-order valence-electron chi connectivity index (χ2n) is 5.35. The number of nitrogens with two attached hydrogens (primary N) is 1. The molecule has 1 atom stereocenters. The molecule has 2 aromatic heterocycles. The molecule has 0 saturated carbocycles. The second-order valence-corrected chi connectivity index (χ2v) is 6.14. The van der Waals surface area contributed by atoms with E-state index in [0.29, 0.717) is 17.8 Å². The number of aromatic nitrogens is 4. The average Bonchev–Trinajstić information content (AvgIpc) is 3.11. The van der Waals surface area contributed by atoms with Crippen LogP contribution in [0.4, 0.5) is 11.6 Å². The summed E-state index contributed by atoms with van der Waals surface area (Å²) >= 11 is 3.51. The first-order valence-corrected chi connectivity index (χ1v) is 7.60. The third kappa shape index (κ3) is 2.73. The molecule has 112 valence electrons. The first-order valence-electron chi connectivity index (χ1n) is 6.80. The summed E-state index contributed by atoms with van der Waals surface area (Å²) < 4.78 is 2.36. The molecule has 1 fully saturated rings. The van der Waals surface area contributed by atoms with E-state index in [0.717, 1.165) is 29.8 Å². The van der Waals surface area contributed by atoms with Crippen molar-refractivity contribution >= 4 is 27.6 Å². The van der Waals surface area contributed by atoms with Gasteiger partial charge in [0.1, 0.15) is 10.3 Å². The van der Waals surface area contributed by atoms with Gasteiger partial charge in [0.15, 0.2) is 5.82 Å². The van der Waals surface area contributed by atoms with Gasteiger partial charge in [0.2, 0.25) is 0 Å². The van der Waals surface area contributed by atoms with Crippen LogP contribution < -0.4 is 10.6 Å². The lowest BCUT2D eigenvalue weighted by atomic mass is 10.2. The van der Waals surface area contributed by atoms with E-state index in [2.05, 4.69) is 54.9 Å². The maximum absolute atomic E-state index is 6.01. The molecule has 1 saturated heterocycles. The summed E-state index contributed by atoms with van der Waals surface area (Å²) in [5, 5.41) is 4.16. The third-order valence-electron chi connectivity index (χ3n) is 3.75. The molecule has 2 aromatic rings. The molecule has 3 heterocycles. The van der Waals surface area contributed by atoms with E-state index in [-0.39, 0.29) is 0 Å². The Labute approximate surface area is 131 Å². The zero-order chi connectivity index (χ0) is 15.0. The molecule has 0 unspecified atom stereocenters. The van der Waals surface area contributed by atoms with Gasteiger partial charge in [0, 0.05) is 31.5 Å². The summed E-state index contributed by atoms with van der Waals surface area (Å²) in [6.07, 6.45) is 4.61. The van der Waals surface area contributed by atoms with Gasteiger partial charge in [-0.2, -0.15) is 15.1 Å². The minimum atomic E-state index is 0.429. The van der Waals surface area contributed by atoms with E-state index in [1.165, 1.54) is 0 Å². The van der Waals surface area contributed by atoms with E-state index in [4.69, 9.17) is 5.73 Å². The van der Waals surface area contributed by atoms with Gasteiger partial charge in [-0.1, -0.05) is 0 Å². The van der Waals surface area contributed by atoms with Crippen molar-refractivity contribution in [1.29, 1.82) is 0 Å². The van der Waals surface area contributed by atoms with Crippen molar-refractivity contribution in [2.45, 2.75) is 12.5 Å². The highest BCUT2D eigenvalue weighted by Gasteiger charge is 2.27. The second kappa shape index (κ2) is 5.61. The lowest BCUT2D eigenvalue weighted by Gasteiger charge is -2.22. The van der Waals surface area contributed by atoms with E-state index in [1.807, 2.05) is 6.07 Å². The SMILES string of the molecule is CN(C)[C@H]1CCN(c2nc(-n3cccn3)nc(N)c2Br)C1.